The van der Waals surface area contributed by atoms with E-state index in [4.69, 9.17) is 0 Å². The lowest BCUT2D eigenvalue weighted by molar-refractivity contribution is 0.419. The summed E-state index contributed by atoms with van der Waals surface area (Å²) in [6.07, 6.45) is 5.18. The van der Waals surface area contributed by atoms with Crippen molar-refractivity contribution in [2.75, 3.05) is 7.05 Å². The van der Waals surface area contributed by atoms with E-state index in [9.17, 15) is 0 Å². The zero-order chi connectivity index (χ0) is 14.7. The zero-order valence-electron chi connectivity index (χ0n) is 13.1. The van der Waals surface area contributed by atoms with Crippen LogP contribution in [-0.2, 0) is 6.42 Å². The molecule has 1 fully saturated rings. The van der Waals surface area contributed by atoms with Crippen molar-refractivity contribution < 1.29 is 0 Å². The maximum absolute atomic E-state index is 3.48. The number of hydrogen-bond donors (Lipinski definition) is 1. The first-order valence-corrected chi connectivity index (χ1v) is 8.09. The number of aryl methyl sites for hydroxylation is 1. The molecule has 0 heterocycles. The Morgan fingerprint density at radius 2 is 1.86 bits per heavy atom. The second-order valence-corrected chi connectivity index (χ2v) is 6.33. The fourth-order valence-corrected chi connectivity index (χ4v) is 3.12. The van der Waals surface area contributed by atoms with Crippen molar-refractivity contribution in [3.05, 3.63) is 70.8 Å². The van der Waals surface area contributed by atoms with E-state index in [0.717, 1.165) is 12.3 Å². The average molecular weight is 279 g/mol. The highest BCUT2D eigenvalue weighted by Crippen LogP contribution is 2.37. The van der Waals surface area contributed by atoms with E-state index in [2.05, 4.69) is 67.8 Å². The van der Waals surface area contributed by atoms with Crippen LogP contribution in [0.4, 0.5) is 0 Å². The molecule has 1 heteroatoms. The summed E-state index contributed by atoms with van der Waals surface area (Å²) in [5, 5.41) is 3.48. The molecule has 1 nitrogen and oxygen atoms in total. The fraction of sp³-hybridized carbons (Fsp3) is 0.400. The van der Waals surface area contributed by atoms with Crippen molar-refractivity contribution >= 4 is 0 Å². The highest BCUT2D eigenvalue weighted by molar-refractivity contribution is 5.31. The van der Waals surface area contributed by atoms with Gasteiger partial charge in [0.2, 0.25) is 0 Å². The first-order valence-electron chi connectivity index (χ1n) is 8.09. The maximum atomic E-state index is 3.48. The monoisotopic (exact) mass is 279 g/mol. The minimum atomic E-state index is 0.396. The Labute approximate surface area is 128 Å². The first kappa shape index (κ1) is 14.3. The van der Waals surface area contributed by atoms with Crippen LogP contribution in [0, 0.1) is 6.92 Å². The molecule has 1 unspecified atom stereocenters. The summed E-state index contributed by atoms with van der Waals surface area (Å²) in [6.45, 7) is 2.14. The van der Waals surface area contributed by atoms with Crippen molar-refractivity contribution in [1.29, 1.82) is 0 Å². The van der Waals surface area contributed by atoms with E-state index in [1.54, 1.807) is 0 Å². The Bertz CT molecular complexity index is 581. The molecule has 1 N–H and O–H groups in total. The van der Waals surface area contributed by atoms with Crippen LogP contribution >= 0.6 is 0 Å². The summed E-state index contributed by atoms with van der Waals surface area (Å²) >= 11 is 0. The Morgan fingerprint density at radius 1 is 1.10 bits per heavy atom. The van der Waals surface area contributed by atoms with Gasteiger partial charge in [0.25, 0.3) is 0 Å². The van der Waals surface area contributed by atoms with Crippen molar-refractivity contribution in [3.8, 4) is 0 Å². The van der Waals surface area contributed by atoms with Crippen LogP contribution in [0.2, 0.25) is 0 Å². The standard InChI is InChI=1S/C20H25N/c1-15-9-11-16(12-10-15)13-20(21-2)19-8-4-7-18(14-19)17-5-3-6-17/h4,7-12,14,17,20-21H,3,5-6,13H2,1-2H3. The second kappa shape index (κ2) is 6.44. The third-order valence-electron chi connectivity index (χ3n) is 4.80. The van der Waals surface area contributed by atoms with Crippen LogP contribution < -0.4 is 5.32 Å². The van der Waals surface area contributed by atoms with Gasteiger partial charge in [0.15, 0.2) is 0 Å². The van der Waals surface area contributed by atoms with E-state index in [0.29, 0.717) is 6.04 Å². The quantitative estimate of drug-likeness (QED) is 0.831. The van der Waals surface area contributed by atoms with Crippen LogP contribution in [0.15, 0.2) is 48.5 Å². The summed E-state index contributed by atoms with van der Waals surface area (Å²) in [7, 11) is 2.06. The third kappa shape index (κ3) is 3.36. The van der Waals surface area contributed by atoms with E-state index < -0.39 is 0 Å². The van der Waals surface area contributed by atoms with Crippen molar-refractivity contribution in [2.24, 2.45) is 0 Å². The molecule has 2 aromatic rings. The van der Waals surface area contributed by atoms with Gasteiger partial charge in [0.05, 0.1) is 0 Å². The summed E-state index contributed by atoms with van der Waals surface area (Å²) in [6, 6.07) is 18.5. The van der Waals surface area contributed by atoms with Gasteiger partial charge < -0.3 is 5.32 Å². The molecular weight excluding hydrogens is 254 g/mol. The molecular formula is C20H25N. The average Bonchev–Trinajstić information content (AvgIpc) is 2.45. The molecule has 0 radical (unpaired) electrons. The molecule has 1 atom stereocenters. The van der Waals surface area contributed by atoms with E-state index in [-0.39, 0.29) is 0 Å². The molecule has 0 saturated heterocycles. The molecule has 2 aromatic carbocycles. The van der Waals surface area contributed by atoms with Gasteiger partial charge >= 0.3 is 0 Å². The predicted molar refractivity (Wildman–Crippen MR) is 89.7 cm³/mol. The Balaban J connectivity index is 1.77. The van der Waals surface area contributed by atoms with E-state index in [1.165, 1.54) is 41.5 Å². The van der Waals surface area contributed by atoms with Crippen molar-refractivity contribution in [1.82, 2.24) is 5.32 Å². The van der Waals surface area contributed by atoms with Gasteiger partial charge in [-0.1, -0.05) is 60.5 Å². The van der Waals surface area contributed by atoms with E-state index >= 15 is 0 Å². The lowest BCUT2D eigenvalue weighted by Crippen LogP contribution is -2.19. The highest BCUT2D eigenvalue weighted by Gasteiger charge is 2.20. The molecule has 0 aliphatic heterocycles. The molecule has 0 aromatic heterocycles. The molecule has 110 valence electrons. The molecule has 0 bridgehead atoms. The highest BCUT2D eigenvalue weighted by atomic mass is 14.9. The van der Waals surface area contributed by atoms with Gasteiger partial charge in [-0.05, 0) is 55.8 Å². The summed E-state index contributed by atoms with van der Waals surface area (Å²) in [5.41, 5.74) is 5.67. The molecule has 3 rings (SSSR count). The summed E-state index contributed by atoms with van der Waals surface area (Å²) in [5.74, 6) is 0.807. The lowest BCUT2D eigenvalue weighted by atomic mass is 9.79. The van der Waals surface area contributed by atoms with Crippen LogP contribution in [-0.4, -0.2) is 7.05 Å². The fourth-order valence-electron chi connectivity index (χ4n) is 3.12. The zero-order valence-corrected chi connectivity index (χ0v) is 13.1. The predicted octanol–water partition coefficient (Wildman–Crippen LogP) is 4.77. The summed E-state index contributed by atoms with van der Waals surface area (Å²) in [4.78, 5) is 0. The van der Waals surface area contributed by atoms with Crippen molar-refractivity contribution in [2.45, 2.75) is 44.6 Å². The molecule has 21 heavy (non-hydrogen) atoms. The Morgan fingerprint density at radius 3 is 2.48 bits per heavy atom. The summed E-state index contributed by atoms with van der Waals surface area (Å²) < 4.78 is 0. The Hall–Kier alpha value is -1.60. The first-order chi connectivity index (χ1) is 10.3. The van der Waals surface area contributed by atoms with E-state index in [1.807, 2.05) is 0 Å². The van der Waals surface area contributed by atoms with Gasteiger partial charge in [-0.2, -0.15) is 0 Å². The maximum Gasteiger partial charge on any atom is 0.0358 e. The second-order valence-electron chi connectivity index (χ2n) is 6.33. The van der Waals surface area contributed by atoms with Crippen molar-refractivity contribution in [3.63, 3.8) is 0 Å². The number of rotatable bonds is 5. The molecule has 1 aliphatic rings. The largest absolute Gasteiger partial charge is 0.313 e. The number of hydrogen-bond acceptors (Lipinski definition) is 1. The number of likely N-dealkylation sites (N-methyl/N-ethyl adjacent to an activating group) is 1. The van der Waals surface area contributed by atoms with Gasteiger partial charge in [-0.3, -0.25) is 0 Å². The lowest BCUT2D eigenvalue weighted by Gasteiger charge is -2.27. The molecule has 1 saturated carbocycles. The Kier molecular flexibility index (Phi) is 4.40. The molecule has 1 aliphatic carbocycles. The van der Waals surface area contributed by atoms with Crippen LogP contribution in [0.3, 0.4) is 0 Å². The number of nitrogens with one attached hydrogen (secondary N) is 1. The topological polar surface area (TPSA) is 12.0 Å². The SMILES string of the molecule is CNC(Cc1ccc(C)cc1)c1cccc(C2CCC2)c1. The third-order valence-corrected chi connectivity index (χ3v) is 4.80. The van der Waals surface area contributed by atoms with Gasteiger partial charge in [-0.15, -0.1) is 0 Å². The number of benzene rings is 2. The normalized spacial score (nSPS) is 16.5. The van der Waals surface area contributed by atoms with Gasteiger partial charge in [0.1, 0.15) is 0 Å². The minimum absolute atomic E-state index is 0.396. The molecule has 0 spiro atoms. The smallest absolute Gasteiger partial charge is 0.0358 e. The van der Waals surface area contributed by atoms with Crippen LogP contribution in [0.25, 0.3) is 0 Å². The van der Waals surface area contributed by atoms with Crippen LogP contribution in [0.5, 0.6) is 0 Å². The van der Waals surface area contributed by atoms with Gasteiger partial charge in [0, 0.05) is 6.04 Å². The van der Waals surface area contributed by atoms with Gasteiger partial charge in [-0.25, -0.2) is 0 Å². The van der Waals surface area contributed by atoms with Crippen LogP contribution in [0.1, 0.15) is 53.5 Å². The minimum Gasteiger partial charge on any atom is -0.313 e. The molecule has 0 amide bonds.